The molecule has 1 saturated heterocycles. The molecule has 0 amide bonds. The van der Waals surface area contributed by atoms with Crippen LogP contribution in [0.4, 0.5) is 5.69 Å². The highest BCUT2D eigenvalue weighted by molar-refractivity contribution is 5.40. The monoisotopic (exact) mass is 246 g/mol. The van der Waals surface area contributed by atoms with E-state index in [1.165, 1.54) is 44.5 Å². The second-order valence-electron chi connectivity index (χ2n) is 5.88. The topological polar surface area (TPSA) is 29.3 Å². The van der Waals surface area contributed by atoms with Crippen LogP contribution in [-0.4, -0.2) is 24.5 Å². The summed E-state index contributed by atoms with van der Waals surface area (Å²) in [6.45, 7) is 8.50. The van der Waals surface area contributed by atoms with Gasteiger partial charge in [-0.25, -0.2) is 0 Å². The maximum Gasteiger partial charge on any atom is 0.0314 e. The van der Waals surface area contributed by atoms with Gasteiger partial charge in [0, 0.05) is 5.69 Å². The van der Waals surface area contributed by atoms with Crippen molar-refractivity contribution in [1.29, 1.82) is 0 Å². The van der Waals surface area contributed by atoms with Crippen molar-refractivity contribution < 1.29 is 0 Å². The van der Waals surface area contributed by atoms with Crippen molar-refractivity contribution in [3.8, 4) is 0 Å². The second kappa shape index (κ2) is 6.24. The number of nitrogens with zero attached hydrogens (tertiary/aromatic N) is 1. The molecule has 2 rings (SSSR count). The lowest BCUT2D eigenvalue weighted by atomic mass is 9.95. The van der Waals surface area contributed by atoms with E-state index in [2.05, 4.69) is 30.9 Å². The van der Waals surface area contributed by atoms with Crippen LogP contribution in [-0.2, 0) is 0 Å². The molecule has 0 saturated carbocycles. The predicted octanol–water partition coefficient (Wildman–Crippen LogP) is 3.49. The first-order valence-corrected chi connectivity index (χ1v) is 7.23. The van der Waals surface area contributed by atoms with E-state index in [0.29, 0.717) is 5.92 Å². The summed E-state index contributed by atoms with van der Waals surface area (Å²) < 4.78 is 0. The van der Waals surface area contributed by atoms with Crippen LogP contribution in [0.3, 0.4) is 0 Å². The van der Waals surface area contributed by atoms with Crippen LogP contribution in [0.15, 0.2) is 24.3 Å². The Balaban J connectivity index is 1.77. The zero-order valence-corrected chi connectivity index (χ0v) is 11.7. The Morgan fingerprint density at radius 3 is 2.44 bits per heavy atom. The predicted molar refractivity (Wildman–Crippen MR) is 78.7 cm³/mol. The Bertz CT molecular complexity index is 350. The third-order valence-corrected chi connectivity index (χ3v) is 4.26. The Kier molecular flexibility index (Phi) is 4.65. The minimum absolute atomic E-state index is 0.630. The van der Waals surface area contributed by atoms with E-state index in [1.54, 1.807) is 0 Å². The summed E-state index contributed by atoms with van der Waals surface area (Å²) in [5.41, 5.74) is 7.99. The van der Waals surface area contributed by atoms with Gasteiger partial charge in [0.05, 0.1) is 0 Å². The summed E-state index contributed by atoms with van der Waals surface area (Å²) in [5.74, 6) is 1.56. The first-order chi connectivity index (χ1) is 8.65. The fraction of sp³-hybridized carbons (Fsp3) is 0.625. The van der Waals surface area contributed by atoms with Crippen LogP contribution < -0.4 is 5.73 Å². The molecule has 0 aliphatic carbocycles. The SMILES string of the molecule is CC1CCN(CCC(C)c2ccc(N)cc2)CC1. The normalized spacial score (nSPS) is 19.9. The molecule has 1 heterocycles. The van der Waals surface area contributed by atoms with Gasteiger partial charge in [-0.05, 0) is 68.4 Å². The van der Waals surface area contributed by atoms with Crippen molar-refractivity contribution in [3.05, 3.63) is 29.8 Å². The third-order valence-electron chi connectivity index (χ3n) is 4.26. The highest BCUT2D eigenvalue weighted by Crippen LogP contribution is 2.22. The summed E-state index contributed by atoms with van der Waals surface area (Å²) >= 11 is 0. The van der Waals surface area contributed by atoms with Gasteiger partial charge >= 0.3 is 0 Å². The maximum absolute atomic E-state index is 5.72. The lowest BCUT2D eigenvalue weighted by Crippen LogP contribution is -2.34. The van der Waals surface area contributed by atoms with E-state index in [1.807, 2.05) is 12.1 Å². The molecule has 0 spiro atoms. The third kappa shape index (κ3) is 3.74. The van der Waals surface area contributed by atoms with E-state index in [9.17, 15) is 0 Å². The minimum atomic E-state index is 0.630. The largest absolute Gasteiger partial charge is 0.399 e. The number of hydrogen-bond donors (Lipinski definition) is 1. The number of hydrogen-bond acceptors (Lipinski definition) is 2. The Hall–Kier alpha value is -1.02. The summed E-state index contributed by atoms with van der Waals surface area (Å²) in [7, 11) is 0. The summed E-state index contributed by atoms with van der Waals surface area (Å²) in [5, 5.41) is 0. The second-order valence-corrected chi connectivity index (χ2v) is 5.88. The molecule has 1 atom stereocenters. The molecule has 1 fully saturated rings. The van der Waals surface area contributed by atoms with Crippen LogP contribution in [0.1, 0.15) is 44.6 Å². The van der Waals surface area contributed by atoms with Crippen molar-refractivity contribution in [1.82, 2.24) is 4.90 Å². The lowest BCUT2D eigenvalue weighted by molar-refractivity contribution is 0.187. The van der Waals surface area contributed by atoms with Gasteiger partial charge in [-0.2, -0.15) is 0 Å². The Morgan fingerprint density at radius 1 is 1.22 bits per heavy atom. The van der Waals surface area contributed by atoms with Crippen LogP contribution in [0.25, 0.3) is 0 Å². The molecule has 1 aliphatic rings. The van der Waals surface area contributed by atoms with Crippen LogP contribution in [0.5, 0.6) is 0 Å². The molecule has 0 bridgehead atoms. The molecule has 2 N–H and O–H groups in total. The molecule has 2 nitrogen and oxygen atoms in total. The van der Waals surface area contributed by atoms with E-state index in [0.717, 1.165) is 11.6 Å². The molecule has 18 heavy (non-hydrogen) atoms. The van der Waals surface area contributed by atoms with Gasteiger partial charge in [0.25, 0.3) is 0 Å². The summed E-state index contributed by atoms with van der Waals surface area (Å²) in [6, 6.07) is 8.35. The van der Waals surface area contributed by atoms with Crippen LogP contribution in [0.2, 0.25) is 0 Å². The van der Waals surface area contributed by atoms with Crippen molar-refractivity contribution in [2.24, 2.45) is 5.92 Å². The van der Waals surface area contributed by atoms with Gasteiger partial charge in [-0.15, -0.1) is 0 Å². The van der Waals surface area contributed by atoms with Crippen LogP contribution >= 0.6 is 0 Å². The molecule has 100 valence electrons. The van der Waals surface area contributed by atoms with Gasteiger partial charge < -0.3 is 10.6 Å². The highest BCUT2D eigenvalue weighted by Gasteiger charge is 2.16. The van der Waals surface area contributed by atoms with Crippen molar-refractivity contribution in [2.45, 2.75) is 39.0 Å². The smallest absolute Gasteiger partial charge is 0.0314 e. The standard InChI is InChI=1S/C16H26N2/c1-13-7-10-18(11-8-13)12-9-14(2)15-3-5-16(17)6-4-15/h3-6,13-14H,7-12,17H2,1-2H3. The molecule has 1 aromatic carbocycles. The number of anilines is 1. The number of rotatable bonds is 4. The van der Waals surface area contributed by atoms with Crippen molar-refractivity contribution in [3.63, 3.8) is 0 Å². The fourth-order valence-electron chi connectivity index (χ4n) is 2.65. The molecular formula is C16H26N2. The number of benzene rings is 1. The van der Waals surface area contributed by atoms with E-state index in [4.69, 9.17) is 5.73 Å². The zero-order valence-electron chi connectivity index (χ0n) is 11.7. The number of nitrogen functional groups attached to an aromatic ring is 1. The minimum Gasteiger partial charge on any atom is -0.399 e. The van der Waals surface area contributed by atoms with Crippen LogP contribution in [0, 0.1) is 5.92 Å². The van der Waals surface area contributed by atoms with Gasteiger partial charge in [0.1, 0.15) is 0 Å². The highest BCUT2D eigenvalue weighted by atomic mass is 15.1. The lowest BCUT2D eigenvalue weighted by Gasteiger charge is -2.30. The Labute approximate surface area is 111 Å². The van der Waals surface area contributed by atoms with E-state index >= 15 is 0 Å². The average molecular weight is 246 g/mol. The quantitative estimate of drug-likeness (QED) is 0.824. The van der Waals surface area contributed by atoms with Gasteiger partial charge in [-0.1, -0.05) is 26.0 Å². The molecule has 1 aliphatic heterocycles. The Morgan fingerprint density at radius 2 is 1.83 bits per heavy atom. The number of likely N-dealkylation sites (tertiary alicyclic amines) is 1. The molecular weight excluding hydrogens is 220 g/mol. The van der Waals surface area contributed by atoms with Gasteiger partial charge in [0.15, 0.2) is 0 Å². The first kappa shape index (κ1) is 13.4. The first-order valence-electron chi connectivity index (χ1n) is 7.23. The molecule has 1 unspecified atom stereocenters. The van der Waals surface area contributed by atoms with Crippen molar-refractivity contribution >= 4 is 5.69 Å². The van der Waals surface area contributed by atoms with Crippen molar-refractivity contribution in [2.75, 3.05) is 25.4 Å². The van der Waals surface area contributed by atoms with Gasteiger partial charge in [-0.3, -0.25) is 0 Å². The van der Waals surface area contributed by atoms with E-state index < -0.39 is 0 Å². The summed E-state index contributed by atoms with van der Waals surface area (Å²) in [4.78, 5) is 2.62. The average Bonchev–Trinajstić information content (AvgIpc) is 2.38. The molecule has 0 aromatic heterocycles. The molecule has 2 heteroatoms. The number of piperidine rings is 1. The molecule has 0 radical (unpaired) electrons. The molecule has 1 aromatic rings. The summed E-state index contributed by atoms with van der Waals surface area (Å²) in [6.07, 6.45) is 3.99. The van der Waals surface area contributed by atoms with Gasteiger partial charge in [0.2, 0.25) is 0 Å². The van der Waals surface area contributed by atoms with E-state index in [-0.39, 0.29) is 0 Å². The number of nitrogens with two attached hydrogens (primary N) is 1. The maximum atomic E-state index is 5.72. The fourth-order valence-corrected chi connectivity index (χ4v) is 2.65. The zero-order chi connectivity index (χ0) is 13.0.